The average molecular weight is 379 g/mol. The monoisotopic (exact) mass is 379 g/mol. The van der Waals surface area contributed by atoms with E-state index in [9.17, 15) is 14.9 Å². The predicted molar refractivity (Wildman–Crippen MR) is 111 cm³/mol. The number of ketones is 1. The van der Waals surface area contributed by atoms with Gasteiger partial charge in [-0.3, -0.25) is 19.5 Å². The lowest BCUT2D eigenvalue weighted by Crippen LogP contribution is -2.25. The summed E-state index contributed by atoms with van der Waals surface area (Å²) in [6.07, 6.45) is 5.60. The van der Waals surface area contributed by atoms with Crippen molar-refractivity contribution in [3.63, 3.8) is 0 Å². The Morgan fingerprint density at radius 2 is 1.90 bits per heavy atom. The number of amides is 1. The van der Waals surface area contributed by atoms with Crippen molar-refractivity contribution < 1.29 is 9.59 Å². The molecule has 4 rings (SSSR count). The maximum Gasteiger partial charge on any atom is 0.236 e. The smallest absolute Gasteiger partial charge is 0.236 e. The molecule has 1 amide bonds. The van der Waals surface area contributed by atoms with Gasteiger partial charge in [0.1, 0.15) is 0 Å². The molecule has 0 bridgehead atoms. The number of hydrogen-bond acceptors (Lipinski definition) is 4. The highest BCUT2D eigenvalue weighted by Crippen LogP contribution is 2.37. The highest BCUT2D eigenvalue weighted by atomic mass is 16.2. The SMILES string of the molecule is N#Cc1cccc(N2C(=O)CC=Nc3ccc(C#CC4=CC(=O)CCC4)cc32)c1. The number of fused-ring (bicyclic) bond motifs is 1. The highest BCUT2D eigenvalue weighted by molar-refractivity contribution is 6.10. The molecule has 1 heterocycles. The third-order valence-electron chi connectivity index (χ3n) is 4.77. The number of anilines is 2. The second-order valence-electron chi connectivity index (χ2n) is 6.85. The van der Waals surface area contributed by atoms with Crippen LogP contribution in [0.3, 0.4) is 0 Å². The first-order valence-electron chi connectivity index (χ1n) is 9.39. The number of nitrogens with zero attached hydrogens (tertiary/aromatic N) is 3. The summed E-state index contributed by atoms with van der Waals surface area (Å²) >= 11 is 0. The number of hydrogen-bond donors (Lipinski definition) is 0. The molecule has 2 aromatic carbocycles. The Kier molecular flexibility index (Phi) is 5.05. The van der Waals surface area contributed by atoms with Crippen LogP contribution in [0.5, 0.6) is 0 Å². The number of benzene rings is 2. The number of carbonyl (C=O) groups is 2. The fourth-order valence-electron chi connectivity index (χ4n) is 3.38. The van der Waals surface area contributed by atoms with Gasteiger partial charge in [-0.05, 0) is 55.3 Å². The van der Waals surface area contributed by atoms with E-state index in [1.807, 2.05) is 18.2 Å². The van der Waals surface area contributed by atoms with Gasteiger partial charge in [0, 0.05) is 23.8 Å². The van der Waals surface area contributed by atoms with Crippen molar-refractivity contribution in [3.05, 3.63) is 65.2 Å². The molecule has 2 aromatic rings. The van der Waals surface area contributed by atoms with Crippen LogP contribution in [-0.4, -0.2) is 17.9 Å². The number of allylic oxidation sites excluding steroid dienone is 2. The largest absolute Gasteiger partial charge is 0.295 e. The van der Waals surface area contributed by atoms with Crippen molar-refractivity contribution in [2.75, 3.05) is 4.90 Å². The first-order valence-corrected chi connectivity index (χ1v) is 9.39. The second kappa shape index (κ2) is 7.96. The minimum Gasteiger partial charge on any atom is -0.295 e. The summed E-state index contributed by atoms with van der Waals surface area (Å²) in [6, 6.07) is 14.6. The minimum atomic E-state index is -0.131. The Bertz CT molecular complexity index is 1170. The molecule has 0 atom stereocenters. The molecule has 0 saturated heterocycles. The van der Waals surface area contributed by atoms with E-state index in [1.54, 1.807) is 41.5 Å². The standard InChI is InChI=1S/C24H17N3O2/c25-16-19-4-1-5-20(13-19)27-23-15-18(8-7-17-3-2-6-21(28)14-17)9-10-22(23)26-12-11-24(27)29/h1,4-5,9-10,12-15H,2-3,6,11H2. The van der Waals surface area contributed by atoms with Gasteiger partial charge in [0.2, 0.25) is 5.91 Å². The summed E-state index contributed by atoms with van der Waals surface area (Å²) in [5, 5.41) is 9.21. The predicted octanol–water partition coefficient (Wildman–Crippen LogP) is 4.36. The number of nitriles is 1. The minimum absolute atomic E-state index is 0.117. The Morgan fingerprint density at radius 1 is 1.00 bits per heavy atom. The van der Waals surface area contributed by atoms with Crippen LogP contribution >= 0.6 is 0 Å². The van der Waals surface area contributed by atoms with E-state index in [2.05, 4.69) is 22.9 Å². The van der Waals surface area contributed by atoms with Crippen LogP contribution in [0, 0.1) is 23.2 Å². The van der Waals surface area contributed by atoms with Gasteiger partial charge in [-0.25, -0.2) is 0 Å². The van der Waals surface area contributed by atoms with Gasteiger partial charge >= 0.3 is 0 Å². The summed E-state index contributed by atoms with van der Waals surface area (Å²) in [5.74, 6) is 6.17. The van der Waals surface area contributed by atoms with Crippen LogP contribution in [0.4, 0.5) is 17.1 Å². The molecule has 29 heavy (non-hydrogen) atoms. The molecule has 2 aliphatic rings. The molecule has 0 N–H and O–H groups in total. The van der Waals surface area contributed by atoms with Crippen molar-refractivity contribution in [1.82, 2.24) is 0 Å². The first-order chi connectivity index (χ1) is 14.1. The maximum absolute atomic E-state index is 12.8. The van der Waals surface area contributed by atoms with Crippen LogP contribution < -0.4 is 4.90 Å². The fraction of sp³-hybridized carbons (Fsp3) is 0.167. The van der Waals surface area contributed by atoms with E-state index in [0.717, 1.165) is 24.0 Å². The Labute approximate surface area is 169 Å². The molecule has 0 unspecified atom stereocenters. The number of rotatable bonds is 1. The van der Waals surface area contributed by atoms with E-state index in [4.69, 9.17) is 0 Å². The molecule has 1 aliphatic carbocycles. The van der Waals surface area contributed by atoms with Crippen molar-refractivity contribution in [2.45, 2.75) is 25.7 Å². The van der Waals surface area contributed by atoms with Crippen LogP contribution in [0.2, 0.25) is 0 Å². The van der Waals surface area contributed by atoms with E-state index < -0.39 is 0 Å². The average Bonchev–Trinajstić information content (AvgIpc) is 2.90. The zero-order chi connectivity index (χ0) is 20.2. The van der Waals surface area contributed by atoms with E-state index in [1.165, 1.54) is 0 Å². The van der Waals surface area contributed by atoms with Crippen LogP contribution in [0.1, 0.15) is 36.8 Å². The van der Waals surface area contributed by atoms with Crippen LogP contribution in [-0.2, 0) is 9.59 Å². The lowest BCUT2D eigenvalue weighted by Gasteiger charge is -2.23. The third kappa shape index (κ3) is 4.00. The van der Waals surface area contributed by atoms with E-state index >= 15 is 0 Å². The van der Waals surface area contributed by atoms with Crippen molar-refractivity contribution in [3.8, 4) is 17.9 Å². The summed E-state index contributed by atoms with van der Waals surface area (Å²) in [4.78, 5) is 30.4. The molecular formula is C24H17N3O2. The summed E-state index contributed by atoms with van der Waals surface area (Å²) in [6.45, 7) is 0. The number of aliphatic imine (C=N–C) groups is 1. The molecule has 0 fully saturated rings. The van der Waals surface area contributed by atoms with Crippen LogP contribution in [0.15, 0.2) is 59.1 Å². The Balaban J connectivity index is 1.76. The molecular weight excluding hydrogens is 362 g/mol. The molecule has 0 saturated carbocycles. The van der Waals surface area contributed by atoms with Gasteiger partial charge in [-0.2, -0.15) is 5.26 Å². The van der Waals surface area contributed by atoms with Crippen molar-refractivity contribution in [1.29, 1.82) is 5.26 Å². The zero-order valence-electron chi connectivity index (χ0n) is 15.7. The molecule has 5 heteroatoms. The van der Waals surface area contributed by atoms with Gasteiger partial charge < -0.3 is 0 Å². The van der Waals surface area contributed by atoms with Gasteiger partial charge in [-0.1, -0.05) is 17.9 Å². The van der Waals surface area contributed by atoms with Crippen LogP contribution in [0.25, 0.3) is 0 Å². The summed E-state index contributed by atoms with van der Waals surface area (Å²) < 4.78 is 0. The quantitative estimate of drug-likeness (QED) is 0.691. The van der Waals surface area contributed by atoms with Crippen molar-refractivity contribution >= 4 is 35.0 Å². The Morgan fingerprint density at radius 3 is 2.72 bits per heavy atom. The Hall–Kier alpha value is -3.96. The van der Waals surface area contributed by atoms with E-state index in [0.29, 0.717) is 29.0 Å². The molecule has 0 radical (unpaired) electrons. The third-order valence-corrected chi connectivity index (χ3v) is 4.77. The molecule has 0 spiro atoms. The van der Waals surface area contributed by atoms with Gasteiger partial charge in [0.15, 0.2) is 5.78 Å². The van der Waals surface area contributed by atoms with Gasteiger partial charge in [-0.15, -0.1) is 0 Å². The lowest BCUT2D eigenvalue weighted by atomic mass is 9.99. The zero-order valence-corrected chi connectivity index (χ0v) is 15.7. The van der Waals surface area contributed by atoms with Crippen molar-refractivity contribution in [2.24, 2.45) is 4.99 Å². The highest BCUT2D eigenvalue weighted by Gasteiger charge is 2.23. The lowest BCUT2D eigenvalue weighted by molar-refractivity contribution is -0.117. The van der Waals surface area contributed by atoms with Gasteiger partial charge in [0.25, 0.3) is 0 Å². The maximum atomic E-state index is 12.8. The summed E-state index contributed by atoms with van der Waals surface area (Å²) in [7, 11) is 0. The molecule has 1 aliphatic heterocycles. The second-order valence-corrected chi connectivity index (χ2v) is 6.85. The normalized spacial score (nSPS) is 15.6. The summed E-state index contributed by atoms with van der Waals surface area (Å²) in [5.41, 5.74) is 3.95. The molecule has 5 nitrogen and oxygen atoms in total. The van der Waals surface area contributed by atoms with E-state index in [-0.39, 0.29) is 18.1 Å². The topological polar surface area (TPSA) is 73.5 Å². The molecule has 0 aromatic heterocycles. The number of carbonyl (C=O) groups excluding carboxylic acids is 2. The fourth-order valence-corrected chi connectivity index (χ4v) is 3.38. The molecule has 140 valence electrons. The van der Waals surface area contributed by atoms with Gasteiger partial charge in [0.05, 0.1) is 35.1 Å². The first kappa shape index (κ1) is 18.4.